The topological polar surface area (TPSA) is 62.0 Å². The van der Waals surface area contributed by atoms with Gasteiger partial charge in [-0.15, -0.1) is 11.3 Å². The summed E-state index contributed by atoms with van der Waals surface area (Å²) < 4.78 is 0. The zero-order valence-corrected chi connectivity index (χ0v) is 12.5. The van der Waals surface area contributed by atoms with Crippen molar-refractivity contribution in [3.63, 3.8) is 0 Å². The van der Waals surface area contributed by atoms with Crippen molar-refractivity contribution < 1.29 is 4.79 Å². The van der Waals surface area contributed by atoms with Gasteiger partial charge in [-0.3, -0.25) is 9.59 Å². The molecule has 1 aliphatic rings. The number of carbonyl (C=O) groups excluding carboxylic acids is 1. The molecule has 0 aromatic carbocycles. The Morgan fingerprint density at radius 1 is 1.29 bits per heavy atom. The van der Waals surface area contributed by atoms with Crippen LogP contribution in [0.1, 0.15) is 47.0 Å². The molecule has 1 aliphatic carbocycles. The summed E-state index contributed by atoms with van der Waals surface area (Å²) in [6.07, 6.45) is 6.27. The molecule has 21 heavy (non-hydrogen) atoms. The van der Waals surface area contributed by atoms with Crippen LogP contribution in [0.5, 0.6) is 0 Å². The summed E-state index contributed by atoms with van der Waals surface area (Å²) in [6.45, 7) is 0. The van der Waals surface area contributed by atoms with E-state index >= 15 is 0 Å². The Hall–Kier alpha value is -1.88. The fourth-order valence-electron chi connectivity index (χ4n) is 2.96. The van der Waals surface area contributed by atoms with Crippen molar-refractivity contribution >= 4 is 17.2 Å². The third kappa shape index (κ3) is 3.24. The number of aromatic nitrogens is 1. The molecule has 0 radical (unpaired) electrons. The molecule has 2 aromatic heterocycles. The number of rotatable bonds is 4. The van der Waals surface area contributed by atoms with Crippen LogP contribution in [-0.4, -0.2) is 10.9 Å². The molecule has 1 atom stereocenters. The van der Waals surface area contributed by atoms with Crippen LogP contribution >= 0.6 is 11.3 Å². The van der Waals surface area contributed by atoms with Gasteiger partial charge in [0, 0.05) is 17.1 Å². The van der Waals surface area contributed by atoms with Crippen molar-refractivity contribution in [3.8, 4) is 0 Å². The molecule has 2 aromatic rings. The smallest absolute Gasteiger partial charge is 0.253 e. The van der Waals surface area contributed by atoms with Gasteiger partial charge in [0.05, 0.1) is 11.6 Å². The van der Waals surface area contributed by atoms with E-state index < -0.39 is 0 Å². The van der Waals surface area contributed by atoms with E-state index in [1.165, 1.54) is 30.0 Å². The normalized spacial score (nSPS) is 16.8. The van der Waals surface area contributed by atoms with Crippen LogP contribution in [0.2, 0.25) is 0 Å². The number of hydrogen-bond donors (Lipinski definition) is 2. The van der Waals surface area contributed by atoms with Gasteiger partial charge in [-0.25, -0.2) is 0 Å². The molecular formula is C16H18N2O2S. The molecular weight excluding hydrogens is 284 g/mol. The highest BCUT2D eigenvalue weighted by molar-refractivity contribution is 7.10. The average Bonchev–Trinajstić information content (AvgIpc) is 3.19. The lowest BCUT2D eigenvalue weighted by Gasteiger charge is -2.23. The van der Waals surface area contributed by atoms with Crippen molar-refractivity contribution in [3.05, 3.63) is 56.6 Å². The molecule has 4 nitrogen and oxygen atoms in total. The standard InChI is InChI=1S/C16H18N2O2S/c19-14-8-7-12(10-17-14)16(20)18-15(11-4-1-2-5-11)13-6-3-9-21-13/h3,6-11,15H,1-2,4-5H2,(H,17,19)(H,18,20). The minimum atomic E-state index is -0.197. The largest absolute Gasteiger partial charge is 0.344 e. The Labute approximate surface area is 127 Å². The maximum atomic E-state index is 12.4. The summed E-state index contributed by atoms with van der Waals surface area (Å²) in [4.78, 5) is 27.2. The van der Waals surface area contributed by atoms with Crippen LogP contribution < -0.4 is 10.9 Å². The Kier molecular flexibility index (Phi) is 4.20. The van der Waals surface area contributed by atoms with Crippen LogP contribution in [-0.2, 0) is 0 Å². The van der Waals surface area contributed by atoms with E-state index in [9.17, 15) is 9.59 Å². The molecule has 2 heterocycles. The molecule has 0 aliphatic heterocycles. The Morgan fingerprint density at radius 2 is 2.10 bits per heavy atom. The molecule has 1 fully saturated rings. The molecule has 0 saturated heterocycles. The predicted octanol–water partition coefficient (Wildman–Crippen LogP) is 3.10. The first-order valence-corrected chi connectivity index (χ1v) is 8.15. The van der Waals surface area contributed by atoms with E-state index in [4.69, 9.17) is 0 Å². The molecule has 110 valence electrons. The minimum absolute atomic E-state index is 0.0759. The first kappa shape index (κ1) is 14.1. The molecule has 3 rings (SSSR count). The molecule has 5 heteroatoms. The van der Waals surface area contributed by atoms with Crippen molar-refractivity contribution in [2.75, 3.05) is 0 Å². The Balaban J connectivity index is 1.79. The third-order valence-electron chi connectivity index (χ3n) is 4.05. The summed E-state index contributed by atoms with van der Waals surface area (Å²) in [5, 5.41) is 5.19. The first-order valence-electron chi connectivity index (χ1n) is 7.27. The fraction of sp³-hybridized carbons (Fsp3) is 0.375. The Bertz CT molecular complexity index is 637. The second kappa shape index (κ2) is 6.26. The SMILES string of the molecule is O=C(NC(c1cccs1)C1CCCC1)c1ccc(=O)[nH]c1. The van der Waals surface area contributed by atoms with E-state index in [0.29, 0.717) is 11.5 Å². The number of amides is 1. The molecule has 0 spiro atoms. The van der Waals surface area contributed by atoms with Gasteiger partial charge in [0.2, 0.25) is 5.56 Å². The molecule has 1 saturated carbocycles. The van der Waals surface area contributed by atoms with E-state index in [1.54, 1.807) is 17.4 Å². The van der Waals surface area contributed by atoms with E-state index in [0.717, 1.165) is 12.8 Å². The zero-order chi connectivity index (χ0) is 14.7. The molecule has 2 N–H and O–H groups in total. The number of hydrogen-bond acceptors (Lipinski definition) is 3. The Morgan fingerprint density at radius 3 is 2.71 bits per heavy atom. The summed E-state index contributed by atoms with van der Waals surface area (Å²) in [6, 6.07) is 7.13. The van der Waals surface area contributed by atoms with Crippen LogP contribution in [0.25, 0.3) is 0 Å². The molecule has 1 amide bonds. The van der Waals surface area contributed by atoms with Crippen molar-refractivity contribution in [2.24, 2.45) is 5.92 Å². The quantitative estimate of drug-likeness (QED) is 0.911. The maximum absolute atomic E-state index is 12.4. The number of carbonyl (C=O) groups is 1. The van der Waals surface area contributed by atoms with Crippen LogP contribution in [0.4, 0.5) is 0 Å². The summed E-state index contributed by atoms with van der Waals surface area (Å²) in [5.74, 6) is 0.381. The van der Waals surface area contributed by atoms with E-state index in [2.05, 4.69) is 16.4 Å². The number of H-pyrrole nitrogens is 1. The number of aromatic amines is 1. The second-order valence-corrected chi connectivity index (χ2v) is 6.43. The van der Waals surface area contributed by atoms with Gasteiger partial charge in [0.15, 0.2) is 0 Å². The summed E-state index contributed by atoms with van der Waals surface area (Å²) in [7, 11) is 0. The van der Waals surface area contributed by atoms with Gasteiger partial charge in [0.25, 0.3) is 5.91 Å². The highest BCUT2D eigenvalue weighted by Gasteiger charge is 2.28. The van der Waals surface area contributed by atoms with Crippen LogP contribution in [0.3, 0.4) is 0 Å². The minimum Gasteiger partial charge on any atom is -0.344 e. The summed E-state index contributed by atoms with van der Waals surface area (Å²) >= 11 is 1.68. The average molecular weight is 302 g/mol. The molecule has 1 unspecified atom stereocenters. The zero-order valence-electron chi connectivity index (χ0n) is 11.7. The number of nitrogens with one attached hydrogen (secondary N) is 2. The lowest BCUT2D eigenvalue weighted by atomic mass is 9.96. The lowest BCUT2D eigenvalue weighted by Crippen LogP contribution is -2.32. The van der Waals surface area contributed by atoms with E-state index in [-0.39, 0.29) is 17.5 Å². The van der Waals surface area contributed by atoms with Gasteiger partial charge in [-0.2, -0.15) is 0 Å². The first-order chi connectivity index (χ1) is 10.2. The highest BCUT2D eigenvalue weighted by Crippen LogP contribution is 2.37. The number of pyridine rings is 1. The monoisotopic (exact) mass is 302 g/mol. The van der Waals surface area contributed by atoms with Crippen molar-refractivity contribution in [2.45, 2.75) is 31.7 Å². The van der Waals surface area contributed by atoms with Crippen molar-refractivity contribution in [1.29, 1.82) is 0 Å². The fourth-order valence-corrected chi connectivity index (χ4v) is 3.83. The maximum Gasteiger partial charge on any atom is 0.253 e. The van der Waals surface area contributed by atoms with E-state index in [1.807, 2.05) is 11.4 Å². The van der Waals surface area contributed by atoms with Gasteiger partial charge >= 0.3 is 0 Å². The summed E-state index contributed by atoms with van der Waals surface area (Å²) in [5.41, 5.74) is 0.298. The van der Waals surface area contributed by atoms with Crippen LogP contribution in [0.15, 0.2) is 40.6 Å². The predicted molar refractivity (Wildman–Crippen MR) is 83.5 cm³/mol. The van der Waals surface area contributed by atoms with Gasteiger partial charge in [-0.05, 0) is 36.3 Å². The van der Waals surface area contributed by atoms with Gasteiger partial charge in [-0.1, -0.05) is 18.9 Å². The second-order valence-electron chi connectivity index (χ2n) is 5.45. The lowest BCUT2D eigenvalue weighted by molar-refractivity contribution is 0.0922. The van der Waals surface area contributed by atoms with Gasteiger partial charge in [0.1, 0.15) is 0 Å². The highest BCUT2D eigenvalue weighted by atomic mass is 32.1. The van der Waals surface area contributed by atoms with Crippen molar-refractivity contribution in [1.82, 2.24) is 10.3 Å². The third-order valence-corrected chi connectivity index (χ3v) is 5.01. The molecule has 0 bridgehead atoms. The van der Waals surface area contributed by atoms with Gasteiger partial charge < -0.3 is 10.3 Å². The van der Waals surface area contributed by atoms with Crippen LogP contribution in [0, 0.1) is 5.92 Å². The number of thiophene rings is 1.